The van der Waals surface area contributed by atoms with Gasteiger partial charge in [-0.15, -0.1) is 11.3 Å². The number of hydrogen-bond acceptors (Lipinski definition) is 4. The van der Waals surface area contributed by atoms with Crippen molar-refractivity contribution in [3.05, 3.63) is 35.3 Å². The molecule has 0 amide bonds. The van der Waals surface area contributed by atoms with Crippen LogP contribution in [0.5, 0.6) is 5.75 Å². The number of rotatable bonds is 7. The third kappa shape index (κ3) is 4.05. The zero-order chi connectivity index (χ0) is 14.4. The van der Waals surface area contributed by atoms with Gasteiger partial charge >= 0.3 is 0 Å². The van der Waals surface area contributed by atoms with Gasteiger partial charge in [-0.25, -0.2) is 4.98 Å². The van der Waals surface area contributed by atoms with Crippen LogP contribution in [0.1, 0.15) is 32.1 Å². The summed E-state index contributed by atoms with van der Waals surface area (Å²) in [4.78, 5) is 5.78. The Balaban J connectivity index is 2.00. The summed E-state index contributed by atoms with van der Waals surface area (Å²) in [7, 11) is 0. The van der Waals surface area contributed by atoms with Gasteiger partial charge in [-0.1, -0.05) is 6.92 Å². The molecule has 1 N–H and O–H groups in total. The molecule has 108 valence electrons. The quantitative estimate of drug-likeness (QED) is 0.833. The van der Waals surface area contributed by atoms with E-state index in [4.69, 9.17) is 4.74 Å². The molecule has 0 fully saturated rings. The van der Waals surface area contributed by atoms with Gasteiger partial charge in [0.15, 0.2) is 0 Å². The van der Waals surface area contributed by atoms with E-state index in [9.17, 15) is 0 Å². The number of hydrogen-bond donors (Lipinski definition) is 1. The van der Waals surface area contributed by atoms with E-state index in [1.54, 1.807) is 11.3 Å². The number of nitrogens with zero attached hydrogens (tertiary/aromatic N) is 1. The number of ether oxygens (including phenoxy) is 1. The van der Waals surface area contributed by atoms with Gasteiger partial charge in [-0.05, 0) is 44.5 Å². The second kappa shape index (κ2) is 7.41. The topological polar surface area (TPSA) is 34.1 Å². The summed E-state index contributed by atoms with van der Waals surface area (Å²) in [5.41, 5.74) is 1.15. The molecule has 0 spiro atoms. The summed E-state index contributed by atoms with van der Waals surface area (Å²) in [6, 6.07) is 8.67. The SMILES string of the molecule is CCOc1ccc(-c2ncc(CNC(C)CC)s2)cc1. The Bertz CT molecular complexity index is 522. The van der Waals surface area contributed by atoms with Crippen LogP contribution in [0.25, 0.3) is 10.6 Å². The largest absolute Gasteiger partial charge is 0.494 e. The smallest absolute Gasteiger partial charge is 0.123 e. The summed E-state index contributed by atoms with van der Waals surface area (Å²) in [6.07, 6.45) is 3.11. The zero-order valence-corrected chi connectivity index (χ0v) is 13.2. The van der Waals surface area contributed by atoms with Gasteiger partial charge in [0.2, 0.25) is 0 Å². The van der Waals surface area contributed by atoms with E-state index in [2.05, 4.69) is 36.3 Å². The lowest BCUT2D eigenvalue weighted by molar-refractivity contribution is 0.340. The summed E-state index contributed by atoms with van der Waals surface area (Å²) in [6.45, 7) is 7.97. The van der Waals surface area contributed by atoms with E-state index in [-0.39, 0.29) is 0 Å². The minimum atomic E-state index is 0.547. The Hall–Kier alpha value is -1.39. The van der Waals surface area contributed by atoms with Crippen molar-refractivity contribution in [1.29, 1.82) is 0 Å². The first-order valence-electron chi connectivity index (χ1n) is 7.14. The van der Waals surface area contributed by atoms with Crippen molar-refractivity contribution in [3.8, 4) is 16.3 Å². The average Bonchev–Trinajstić information content (AvgIpc) is 2.95. The molecule has 1 atom stereocenters. The molecule has 1 aromatic heterocycles. The average molecular weight is 290 g/mol. The van der Waals surface area contributed by atoms with Gasteiger partial charge in [-0.2, -0.15) is 0 Å². The molecular formula is C16H22N2OS. The van der Waals surface area contributed by atoms with Crippen molar-refractivity contribution in [2.24, 2.45) is 0 Å². The molecule has 1 aromatic carbocycles. The molecule has 3 nitrogen and oxygen atoms in total. The van der Waals surface area contributed by atoms with Gasteiger partial charge in [0.25, 0.3) is 0 Å². The molecule has 0 aliphatic rings. The van der Waals surface area contributed by atoms with Gasteiger partial charge in [0, 0.05) is 29.2 Å². The van der Waals surface area contributed by atoms with Crippen LogP contribution in [-0.2, 0) is 6.54 Å². The molecule has 2 rings (SSSR count). The lowest BCUT2D eigenvalue weighted by atomic mass is 10.2. The van der Waals surface area contributed by atoms with Crippen LogP contribution in [0.2, 0.25) is 0 Å². The van der Waals surface area contributed by atoms with Gasteiger partial charge in [-0.3, -0.25) is 0 Å². The van der Waals surface area contributed by atoms with Crippen molar-refractivity contribution >= 4 is 11.3 Å². The third-order valence-electron chi connectivity index (χ3n) is 3.20. The standard InChI is InChI=1S/C16H22N2OS/c1-4-12(3)17-10-15-11-18-16(20-15)13-6-8-14(9-7-13)19-5-2/h6-9,11-12,17H,4-5,10H2,1-3H3. The highest BCUT2D eigenvalue weighted by Gasteiger charge is 2.06. The molecule has 1 heterocycles. The molecular weight excluding hydrogens is 268 g/mol. The van der Waals surface area contributed by atoms with E-state index >= 15 is 0 Å². The second-order valence-corrected chi connectivity index (χ2v) is 5.89. The monoisotopic (exact) mass is 290 g/mol. The van der Waals surface area contributed by atoms with Crippen molar-refractivity contribution in [3.63, 3.8) is 0 Å². The molecule has 4 heteroatoms. The van der Waals surface area contributed by atoms with E-state index in [1.165, 1.54) is 4.88 Å². The number of benzene rings is 1. The van der Waals surface area contributed by atoms with E-state index in [0.29, 0.717) is 12.6 Å². The Morgan fingerprint density at radius 2 is 2.00 bits per heavy atom. The maximum atomic E-state index is 5.45. The number of nitrogens with one attached hydrogen (secondary N) is 1. The predicted octanol–water partition coefficient (Wildman–Crippen LogP) is 4.10. The van der Waals surface area contributed by atoms with Crippen molar-refractivity contribution in [2.75, 3.05) is 6.61 Å². The van der Waals surface area contributed by atoms with Crippen molar-refractivity contribution in [1.82, 2.24) is 10.3 Å². The fourth-order valence-corrected chi connectivity index (χ4v) is 2.67. The van der Waals surface area contributed by atoms with E-state index in [0.717, 1.165) is 29.3 Å². The van der Waals surface area contributed by atoms with Crippen LogP contribution >= 0.6 is 11.3 Å². The van der Waals surface area contributed by atoms with Crippen LogP contribution < -0.4 is 10.1 Å². The minimum Gasteiger partial charge on any atom is -0.494 e. The van der Waals surface area contributed by atoms with Crippen LogP contribution in [-0.4, -0.2) is 17.6 Å². The highest BCUT2D eigenvalue weighted by atomic mass is 32.1. The first kappa shape index (κ1) is 15.0. The van der Waals surface area contributed by atoms with Crippen LogP contribution in [0.15, 0.2) is 30.5 Å². The van der Waals surface area contributed by atoms with Crippen LogP contribution in [0.4, 0.5) is 0 Å². The normalized spacial score (nSPS) is 12.3. The van der Waals surface area contributed by atoms with E-state index < -0.39 is 0 Å². The first-order valence-corrected chi connectivity index (χ1v) is 7.95. The second-order valence-electron chi connectivity index (χ2n) is 4.78. The molecule has 2 aromatic rings. The van der Waals surface area contributed by atoms with Gasteiger partial charge < -0.3 is 10.1 Å². The lowest BCUT2D eigenvalue weighted by Crippen LogP contribution is -2.23. The Morgan fingerprint density at radius 3 is 2.65 bits per heavy atom. The maximum Gasteiger partial charge on any atom is 0.123 e. The summed E-state index contributed by atoms with van der Waals surface area (Å²) >= 11 is 1.74. The highest BCUT2D eigenvalue weighted by Crippen LogP contribution is 2.26. The van der Waals surface area contributed by atoms with Crippen molar-refractivity contribution < 1.29 is 4.74 Å². The first-order chi connectivity index (χ1) is 9.72. The van der Waals surface area contributed by atoms with Gasteiger partial charge in [0.05, 0.1) is 6.61 Å². The summed E-state index contributed by atoms with van der Waals surface area (Å²) < 4.78 is 5.45. The molecule has 0 saturated carbocycles. The fourth-order valence-electron chi connectivity index (χ4n) is 1.80. The number of thiazole rings is 1. The predicted molar refractivity (Wildman–Crippen MR) is 85.3 cm³/mol. The Morgan fingerprint density at radius 1 is 1.25 bits per heavy atom. The molecule has 0 aliphatic heterocycles. The fraction of sp³-hybridized carbons (Fsp3) is 0.438. The minimum absolute atomic E-state index is 0.547. The molecule has 0 aliphatic carbocycles. The zero-order valence-electron chi connectivity index (χ0n) is 12.3. The highest BCUT2D eigenvalue weighted by molar-refractivity contribution is 7.15. The summed E-state index contributed by atoms with van der Waals surface area (Å²) in [5.74, 6) is 0.909. The van der Waals surface area contributed by atoms with Crippen LogP contribution in [0.3, 0.4) is 0 Å². The lowest BCUT2D eigenvalue weighted by Gasteiger charge is -2.08. The summed E-state index contributed by atoms with van der Waals surface area (Å²) in [5, 5.41) is 4.55. The molecule has 1 unspecified atom stereocenters. The number of aromatic nitrogens is 1. The molecule has 0 bridgehead atoms. The molecule has 0 radical (unpaired) electrons. The molecule has 0 saturated heterocycles. The molecule has 20 heavy (non-hydrogen) atoms. The Labute approximate surface area is 125 Å². The van der Waals surface area contributed by atoms with Crippen LogP contribution in [0, 0.1) is 0 Å². The third-order valence-corrected chi connectivity index (χ3v) is 4.25. The Kier molecular flexibility index (Phi) is 5.56. The maximum absolute atomic E-state index is 5.45. The van der Waals surface area contributed by atoms with Crippen molar-refractivity contribution in [2.45, 2.75) is 39.8 Å². The van der Waals surface area contributed by atoms with Gasteiger partial charge in [0.1, 0.15) is 10.8 Å². The van der Waals surface area contributed by atoms with E-state index in [1.807, 2.05) is 25.3 Å².